The van der Waals surface area contributed by atoms with Crippen LogP contribution in [0.3, 0.4) is 0 Å². The van der Waals surface area contributed by atoms with Crippen molar-refractivity contribution in [2.45, 2.75) is 0 Å². The van der Waals surface area contributed by atoms with Crippen LogP contribution in [-0.2, 0) is 4.74 Å². The van der Waals surface area contributed by atoms with Crippen molar-refractivity contribution >= 4 is 11.2 Å². The fraction of sp³-hybridized carbons (Fsp3) is 0.235. The maximum Gasteiger partial charge on any atom is 0.264 e. The fourth-order valence-corrected chi connectivity index (χ4v) is 2.87. The first-order valence-corrected chi connectivity index (χ1v) is 7.44. The number of hydrogen-bond donors (Lipinski definition) is 1. The van der Waals surface area contributed by atoms with Gasteiger partial charge < -0.3 is 9.64 Å². The Hall–Kier alpha value is -2.53. The molecule has 2 aromatic heterocycles. The van der Waals surface area contributed by atoms with E-state index in [0.29, 0.717) is 0 Å². The van der Waals surface area contributed by atoms with E-state index in [2.05, 4.69) is 34.3 Å². The highest BCUT2D eigenvalue weighted by Gasteiger charge is 2.11. The van der Waals surface area contributed by atoms with E-state index in [1.807, 2.05) is 18.3 Å². The van der Waals surface area contributed by atoms with Crippen molar-refractivity contribution < 1.29 is 4.74 Å². The lowest BCUT2D eigenvalue weighted by Gasteiger charge is -2.28. The van der Waals surface area contributed by atoms with Crippen molar-refractivity contribution in [3.8, 4) is 11.1 Å². The Morgan fingerprint density at radius 2 is 1.68 bits per heavy atom. The molecule has 4 rings (SSSR count). The maximum atomic E-state index is 11.4. The van der Waals surface area contributed by atoms with E-state index >= 15 is 0 Å². The number of anilines is 1. The number of H-pyrrole nitrogens is 1. The second kappa shape index (κ2) is 5.35. The highest BCUT2D eigenvalue weighted by molar-refractivity contribution is 5.67. The van der Waals surface area contributed by atoms with Crippen molar-refractivity contribution in [3.63, 3.8) is 0 Å². The lowest BCUT2D eigenvalue weighted by Crippen LogP contribution is -2.36. The maximum absolute atomic E-state index is 11.4. The summed E-state index contributed by atoms with van der Waals surface area (Å²) in [6.45, 7) is 3.46. The third-order valence-corrected chi connectivity index (χ3v) is 4.07. The summed E-state index contributed by atoms with van der Waals surface area (Å²) in [7, 11) is 0. The molecule has 0 saturated carbocycles. The summed E-state index contributed by atoms with van der Waals surface area (Å²) in [6.07, 6.45) is 1.94. The van der Waals surface area contributed by atoms with Crippen LogP contribution in [0.4, 0.5) is 5.69 Å². The number of pyridine rings is 1. The lowest BCUT2D eigenvalue weighted by molar-refractivity contribution is 0.122. The molecule has 3 aromatic rings. The minimum absolute atomic E-state index is 0.0835. The van der Waals surface area contributed by atoms with Gasteiger partial charge in [-0.15, -0.1) is 0 Å². The summed E-state index contributed by atoms with van der Waals surface area (Å²) in [5, 5.41) is 2.77. The standard InChI is InChI=1S/C17H17N3O2/c21-17-11-16-6-3-14(12-20(16)18-17)13-1-4-15(5-2-13)19-7-9-22-10-8-19/h1-6,11-12H,7-10H2,(H,18,21). The zero-order valence-corrected chi connectivity index (χ0v) is 12.2. The van der Waals surface area contributed by atoms with Crippen LogP contribution < -0.4 is 10.5 Å². The zero-order valence-electron chi connectivity index (χ0n) is 12.2. The van der Waals surface area contributed by atoms with Gasteiger partial charge in [0.1, 0.15) is 0 Å². The van der Waals surface area contributed by atoms with Crippen LogP contribution in [0.25, 0.3) is 16.6 Å². The van der Waals surface area contributed by atoms with E-state index in [-0.39, 0.29) is 5.56 Å². The molecule has 1 aromatic carbocycles. The smallest absolute Gasteiger partial charge is 0.264 e. The summed E-state index contributed by atoms with van der Waals surface area (Å²) in [6, 6.07) is 14.1. The third kappa shape index (κ3) is 2.40. The molecular formula is C17H17N3O2. The molecule has 5 heteroatoms. The molecule has 1 fully saturated rings. The second-order valence-corrected chi connectivity index (χ2v) is 5.48. The molecule has 1 aliphatic heterocycles. The van der Waals surface area contributed by atoms with Gasteiger partial charge in [-0.2, -0.15) is 0 Å². The minimum Gasteiger partial charge on any atom is -0.378 e. The van der Waals surface area contributed by atoms with Crippen LogP contribution in [0.15, 0.2) is 53.5 Å². The van der Waals surface area contributed by atoms with Gasteiger partial charge in [-0.1, -0.05) is 18.2 Å². The number of hydrogen-bond acceptors (Lipinski definition) is 3. The number of benzene rings is 1. The number of aromatic nitrogens is 2. The Balaban J connectivity index is 1.64. The number of morpholine rings is 1. The van der Waals surface area contributed by atoms with E-state index in [0.717, 1.165) is 42.9 Å². The minimum atomic E-state index is -0.0835. The second-order valence-electron chi connectivity index (χ2n) is 5.48. The quantitative estimate of drug-likeness (QED) is 0.788. The Labute approximate surface area is 127 Å². The Bertz CT molecular complexity index is 842. The van der Waals surface area contributed by atoms with Gasteiger partial charge in [0.2, 0.25) is 0 Å². The van der Waals surface area contributed by atoms with Gasteiger partial charge >= 0.3 is 0 Å². The molecule has 5 nitrogen and oxygen atoms in total. The first-order valence-electron chi connectivity index (χ1n) is 7.44. The Kier molecular flexibility index (Phi) is 3.20. The van der Waals surface area contributed by atoms with Crippen LogP contribution in [-0.4, -0.2) is 35.9 Å². The molecule has 1 saturated heterocycles. The molecule has 3 heterocycles. The van der Waals surface area contributed by atoms with E-state index in [1.54, 1.807) is 10.6 Å². The van der Waals surface area contributed by atoms with Crippen LogP contribution in [0.5, 0.6) is 0 Å². The van der Waals surface area contributed by atoms with Crippen LogP contribution in [0, 0.1) is 0 Å². The van der Waals surface area contributed by atoms with Gasteiger partial charge in [0, 0.05) is 36.6 Å². The van der Waals surface area contributed by atoms with Gasteiger partial charge in [0.25, 0.3) is 5.56 Å². The van der Waals surface area contributed by atoms with E-state index in [1.165, 1.54) is 5.69 Å². The third-order valence-electron chi connectivity index (χ3n) is 4.07. The van der Waals surface area contributed by atoms with Gasteiger partial charge in [0.15, 0.2) is 0 Å². The number of fused-ring (bicyclic) bond motifs is 1. The molecule has 112 valence electrons. The molecule has 0 radical (unpaired) electrons. The summed E-state index contributed by atoms with van der Waals surface area (Å²) < 4.78 is 7.14. The van der Waals surface area contributed by atoms with Gasteiger partial charge in [-0.05, 0) is 23.8 Å². The normalized spacial score (nSPS) is 15.4. The predicted octanol–water partition coefficient (Wildman–Crippen LogP) is 2.13. The van der Waals surface area contributed by atoms with E-state index in [9.17, 15) is 4.79 Å². The number of rotatable bonds is 2. The van der Waals surface area contributed by atoms with Crippen molar-refractivity contribution in [2.75, 3.05) is 31.2 Å². The SMILES string of the molecule is O=c1cc2ccc(-c3ccc(N4CCOCC4)cc3)cn2[nH]1. The van der Waals surface area contributed by atoms with Crippen molar-refractivity contribution in [2.24, 2.45) is 0 Å². The number of aromatic amines is 1. The molecule has 0 unspecified atom stereocenters. The lowest BCUT2D eigenvalue weighted by atomic mass is 10.1. The van der Waals surface area contributed by atoms with Crippen LogP contribution in [0.1, 0.15) is 0 Å². The van der Waals surface area contributed by atoms with Gasteiger partial charge in [-0.3, -0.25) is 14.4 Å². The van der Waals surface area contributed by atoms with Crippen molar-refractivity contribution in [1.29, 1.82) is 0 Å². The molecule has 0 bridgehead atoms. The van der Waals surface area contributed by atoms with Crippen molar-refractivity contribution in [3.05, 3.63) is 59.0 Å². The highest BCUT2D eigenvalue weighted by Crippen LogP contribution is 2.24. The molecule has 1 aliphatic rings. The zero-order chi connectivity index (χ0) is 14.9. The predicted molar refractivity (Wildman–Crippen MR) is 86.5 cm³/mol. The molecular weight excluding hydrogens is 278 g/mol. The largest absolute Gasteiger partial charge is 0.378 e. The number of ether oxygens (including phenoxy) is 1. The molecule has 0 aliphatic carbocycles. The Morgan fingerprint density at radius 3 is 2.45 bits per heavy atom. The average molecular weight is 295 g/mol. The van der Waals surface area contributed by atoms with Crippen molar-refractivity contribution in [1.82, 2.24) is 9.61 Å². The topological polar surface area (TPSA) is 49.7 Å². The van der Waals surface area contributed by atoms with E-state index in [4.69, 9.17) is 4.74 Å². The monoisotopic (exact) mass is 295 g/mol. The number of nitrogens with one attached hydrogen (secondary N) is 1. The summed E-state index contributed by atoms with van der Waals surface area (Å²) in [5.74, 6) is 0. The molecule has 0 amide bonds. The van der Waals surface area contributed by atoms with Crippen LogP contribution >= 0.6 is 0 Å². The first-order chi connectivity index (χ1) is 10.8. The molecule has 1 N–H and O–H groups in total. The summed E-state index contributed by atoms with van der Waals surface area (Å²) in [5.41, 5.74) is 4.22. The summed E-state index contributed by atoms with van der Waals surface area (Å²) >= 11 is 0. The molecule has 22 heavy (non-hydrogen) atoms. The molecule has 0 atom stereocenters. The van der Waals surface area contributed by atoms with Gasteiger partial charge in [-0.25, -0.2) is 0 Å². The molecule has 0 spiro atoms. The van der Waals surface area contributed by atoms with Gasteiger partial charge in [0.05, 0.1) is 18.7 Å². The average Bonchev–Trinajstić information content (AvgIpc) is 2.95. The van der Waals surface area contributed by atoms with E-state index < -0.39 is 0 Å². The fourth-order valence-electron chi connectivity index (χ4n) is 2.87. The highest BCUT2D eigenvalue weighted by atomic mass is 16.5. The number of nitrogens with zero attached hydrogens (tertiary/aromatic N) is 2. The summed E-state index contributed by atoms with van der Waals surface area (Å²) in [4.78, 5) is 13.7. The Morgan fingerprint density at radius 1 is 0.955 bits per heavy atom. The van der Waals surface area contributed by atoms with Crippen LogP contribution in [0.2, 0.25) is 0 Å². The first kappa shape index (κ1) is 13.2.